The summed E-state index contributed by atoms with van der Waals surface area (Å²) in [6, 6.07) is 33.8. The number of hydrogen-bond donors (Lipinski definition) is 1. The van der Waals surface area contributed by atoms with Gasteiger partial charge in [0.25, 0.3) is 0 Å². The first-order valence-corrected chi connectivity index (χ1v) is 16.0. The fourth-order valence-electron chi connectivity index (χ4n) is 6.20. The molecule has 5 aromatic carbocycles. The molecule has 0 bridgehead atoms. The van der Waals surface area contributed by atoms with Crippen molar-refractivity contribution in [3.8, 4) is 11.3 Å². The Balaban J connectivity index is 0.000000186. The van der Waals surface area contributed by atoms with Crippen LogP contribution in [0.5, 0.6) is 0 Å². The molecule has 1 N–H and O–H groups in total. The number of likely N-dealkylation sites (tertiary alicyclic amines) is 1. The summed E-state index contributed by atoms with van der Waals surface area (Å²) in [5.41, 5.74) is 6.75. The Kier molecular flexibility index (Phi) is 9.05. The Labute approximate surface area is 280 Å². The SMILES string of the molecule is Fc1cccc(Cc2ccc3occc3c2)c1.O=C(O)C1CN(Cc2ccc(-c3cc4cc(Cc5cccc(F)c5)ccc4o3)c(F)c2)C1. The molecular formula is C41H32F3NO4. The van der Waals surface area contributed by atoms with Crippen LogP contribution < -0.4 is 0 Å². The van der Waals surface area contributed by atoms with E-state index < -0.39 is 5.97 Å². The third kappa shape index (κ3) is 7.60. The van der Waals surface area contributed by atoms with E-state index in [9.17, 15) is 18.0 Å². The molecule has 8 rings (SSSR count). The van der Waals surface area contributed by atoms with Crippen LogP contribution >= 0.6 is 0 Å². The van der Waals surface area contributed by atoms with E-state index in [0.717, 1.165) is 50.6 Å². The number of halogens is 3. The number of furan rings is 2. The van der Waals surface area contributed by atoms with Crippen LogP contribution in [0.4, 0.5) is 13.2 Å². The van der Waals surface area contributed by atoms with Crippen LogP contribution in [0.25, 0.3) is 33.3 Å². The number of carboxylic acids is 1. The number of rotatable bonds is 8. The molecule has 8 heteroatoms. The van der Waals surface area contributed by atoms with E-state index in [1.165, 1.54) is 24.3 Å². The first kappa shape index (κ1) is 32.0. The third-order valence-corrected chi connectivity index (χ3v) is 8.70. The number of fused-ring (bicyclic) bond motifs is 2. The zero-order chi connectivity index (χ0) is 33.9. The van der Waals surface area contributed by atoms with Crippen molar-refractivity contribution in [1.29, 1.82) is 0 Å². The maximum absolute atomic E-state index is 14.8. The summed E-state index contributed by atoms with van der Waals surface area (Å²) in [5.74, 6) is -1.50. The molecule has 0 radical (unpaired) electrons. The molecular weight excluding hydrogens is 627 g/mol. The van der Waals surface area contributed by atoms with Gasteiger partial charge in [-0.3, -0.25) is 9.69 Å². The molecule has 2 aromatic heterocycles. The highest BCUT2D eigenvalue weighted by molar-refractivity contribution is 5.83. The zero-order valence-electron chi connectivity index (χ0n) is 26.4. The van der Waals surface area contributed by atoms with Gasteiger partial charge in [-0.05, 0) is 113 Å². The lowest BCUT2D eigenvalue weighted by Gasteiger charge is -2.36. The van der Waals surface area contributed by atoms with Crippen LogP contribution in [-0.4, -0.2) is 29.1 Å². The molecule has 0 amide bonds. The maximum Gasteiger partial charge on any atom is 0.309 e. The Bertz CT molecular complexity index is 2270. The largest absolute Gasteiger partial charge is 0.481 e. The lowest BCUT2D eigenvalue weighted by Crippen LogP contribution is -2.49. The van der Waals surface area contributed by atoms with Gasteiger partial charge in [-0.15, -0.1) is 0 Å². The van der Waals surface area contributed by atoms with E-state index in [1.54, 1.807) is 30.5 Å². The van der Waals surface area contributed by atoms with Crippen molar-refractivity contribution >= 4 is 27.9 Å². The Morgan fingerprint density at radius 2 is 1.29 bits per heavy atom. The van der Waals surface area contributed by atoms with E-state index in [2.05, 4.69) is 6.07 Å². The topological polar surface area (TPSA) is 66.8 Å². The third-order valence-electron chi connectivity index (χ3n) is 8.70. The van der Waals surface area contributed by atoms with Gasteiger partial charge >= 0.3 is 5.97 Å². The smallest absolute Gasteiger partial charge is 0.309 e. The van der Waals surface area contributed by atoms with Gasteiger partial charge in [-0.2, -0.15) is 0 Å². The summed E-state index contributed by atoms with van der Waals surface area (Å²) in [7, 11) is 0. The van der Waals surface area contributed by atoms with E-state index in [1.807, 2.05) is 65.6 Å². The van der Waals surface area contributed by atoms with Crippen LogP contribution in [-0.2, 0) is 24.2 Å². The maximum atomic E-state index is 14.8. The summed E-state index contributed by atoms with van der Waals surface area (Å²) in [4.78, 5) is 12.9. The second-order valence-corrected chi connectivity index (χ2v) is 12.4. The Hall–Kier alpha value is -5.60. The summed E-state index contributed by atoms with van der Waals surface area (Å²) < 4.78 is 52.5. The normalized spacial score (nSPS) is 13.3. The highest BCUT2D eigenvalue weighted by Crippen LogP contribution is 2.32. The predicted molar refractivity (Wildman–Crippen MR) is 183 cm³/mol. The molecule has 246 valence electrons. The van der Waals surface area contributed by atoms with Crippen molar-refractivity contribution in [3.63, 3.8) is 0 Å². The van der Waals surface area contributed by atoms with Gasteiger partial charge in [0.05, 0.1) is 17.7 Å². The van der Waals surface area contributed by atoms with E-state index >= 15 is 0 Å². The second-order valence-electron chi connectivity index (χ2n) is 12.4. The number of nitrogens with zero attached hydrogens (tertiary/aromatic N) is 1. The molecule has 0 spiro atoms. The van der Waals surface area contributed by atoms with Crippen molar-refractivity contribution in [3.05, 3.63) is 167 Å². The standard InChI is InChI=1S/C26H21F2NO3.C15H11FO/c27-21-3-1-2-16(10-21)8-17-5-7-24-19(9-17)12-25(32-24)22-6-4-18(11-23(22)28)13-29-14-20(15-29)26(30)31;16-14-3-1-2-11(10-14)8-12-4-5-15-13(9-12)6-7-17-15/h1-7,9-12,20H,8,13-15H2,(H,30,31);1-7,9-10H,8H2. The summed E-state index contributed by atoms with van der Waals surface area (Å²) >= 11 is 0. The molecule has 1 fully saturated rings. The first-order valence-electron chi connectivity index (χ1n) is 16.0. The monoisotopic (exact) mass is 659 g/mol. The average Bonchev–Trinajstić information content (AvgIpc) is 3.69. The highest BCUT2D eigenvalue weighted by Gasteiger charge is 2.32. The average molecular weight is 660 g/mol. The Morgan fingerprint density at radius 3 is 1.92 bits per heavy atom. The number of carbonyl (C=O) groups is 1. The molecule has 3 heterocycles. The van der Waals surface area contributed by atoms with E-state index in [-0.39, 0.29) is 23.4 Å². The number of hydrogen-bond acceptors (Lipinski definition) is 4. The quantitative estimate of drug-likeness (QED) is 0.176. The lowest BCUT2D eigenvalue weighted by atomic mass is 9.99. The molecule has 49 heavy (non-hydrogen) atoms. The zero-order valence-corrected chi connectivity index (χ0v) is 26.4. The molecule has 1 aliphatic rings. The van der Waals surface area contributed by atoms with Crippen molar-refractivity contribution in [2.75, 3.05) is 13.1 Å². The van der Waals surface area contributed by atoms with Crippen molar-refractivity contribution in [2.45, 2.75) is 19.4 Å². The molecule has 5 nitrogen and oxygen atoms in total. The lowest BCUT2D eigenvalue weighted by molar-refractivity contribution is -0.147. The van der Waals surface area contributed by atoms with Gasteiger partial charge in [0.2, 0.25) is 0 Å². The van der Waals surface area contributed by atoms with E-state index in [0.29, 0.717) is 43.0 Å². The second kappa shape index (κ2) is 13.9. The molecule has 7 aromatic rings. The first-order chi connectivity index (χ1) is 23.8. The van der Waals surface area contributed by atoms with Gasteiger partial charge < -0.3 is 13.9 Å². The number of aliphatic carboxylic acids is 1. The van der Waals surface area contributed by atoms with Crippen molar-refractivity contribution < 1.29 is 31.9 Å². The summed E-state index contributed by atoms with van der Waals surface area (Å²) in [6.45, 7) is 1.49. The van der Waals surface area contributed by atoms with Crippen molar-refractivity contribution in [2.24, 2.45) is 5.92 Å². The highest BCUT2D eigenvalue weighted by atomic mass is 19.1. The fraction of sp³-hybridized carbons (Fsp3) is 0.146. The van der Waals surface area contributed by atoms with Gasteiger partial charge in [-0.1, -0.05) is 42.5 Å². The summed E-state index contributed by atoms with van der Waals surface area (Å²) in [6.07, 6.45) is 3.01. The van der Waals surface area contributed by atoms with Gasteiger partial charge in [0, 0.05) is 30.4 Å². The molecule has 0 atom stereocenters. The minimum atomic E-state index is -0.785. The minimum Gasteiger partial charge on any atom is -0.481 e. The van der Waals surface area contributed by atoms with E-state index in [4.69, 9.17) is 13.9 Å². The fourth-order valence-corrected chi connectivity index (χ4v) is 6.20. The van der Waals surface area contributed by atoms with Crippen LogP contribution in [0.2, 0.25) is 0 Å². The van der Waals surface area contributed by atoms with Gasteiger partial charge in [0.15, 0.2) is 0 Å². The molecule has 0 unspecified atom stereocenters. The number of benzene rings is 5. The van der Waals surface area contributed by atoms with Crippen LogP contribution in [0.1, 0.15) is 27.8 Å². The minimum absolute atomic E-state index is 0.188. The van der Waals surface area contributed by atoms with Crippen LogP contribution in [0.15, 0.2) is 130 Å². The molecule has 0 saturated carbocycles. The van der Waals surface area contributed by atoms with Gasteiger partial charge in [-0.25, -0.2) is 13.2 Å². The van der Waals surface area contributed by atoms with Crippen LogP contribution in [0.3, 0.4) is 0 Å². The summed E-state index contributed by atoms with van der Waals surface area (Å²) in [5, 5.41) is 10.9. The molecule has 0 aliphatic carbocycles. The number of carboxylic acid groups (broad SMARTS) is 1. The Morgan fingerprint density at radius 1 is 0.673 bits per heavy atom. The predicted octanol–water partition coefficient (Wildman–Crippen LogP) is 9.65. The molecule has 1 aliphatic heterocycles. The molecule has 1 saturated heterocycles. The van der Waals surface area contributed by atoms with Gasteiger partial charge in [0.1, 0.15) is 34.4 Å². The van der Waals surface area contributed by atoms with Crippen molar-refractivity contribution in [1.82, 2.24) is 4.90 Å². The van der Waals surface area contributed by atoms with Crippen LogP contribution in [0, 0.1) is 23.4 Å².